The molecule has 1 atom stereocenters. The number of nitrogens with zero attached hydrogens (tertiary/aromatic N) is 4. The molecule has 24 heavy (non-hydrogen) atoms. The molecule has 0 saturated carbocycles. The van der Waals surface area contributed by atoms with Gasteiger partial charge in [-0.2, -0.15) is 0 Å². The van der Waals surface area contributed by atoms with E-state index in [-0.39, 0.29) is 11.8 Å². The number of nitrogens with one attached hydrogen (secondary N) is 1. The molecule has 0 aliphatic carbocycles. The Hall–Kier alpha value is -1.93. The van der Waals surface area contributed by atoms with Gasteiger partial charge in [-0.05, 0) is 31.4 Å². The minimum absolute atomic E-state index is 0.0141. The van der Waals surface area contributed by atoms with Gasteiger partial charge >= 0.3 is 0 Å². The van der Waals surface area contributed by atoms with Crippen LogP contribution in [0.2, 0.25) is 0 Å². The highest BCUT2D eigenvalue weighted by Gasteiger charge is 2.27. The van der Waals surface area contributed by atoms with E-state index >= 15 is 0 Å². The zero-order chi connectivity index (χ0) is 16.8. The van der Waals surface area contributed by atoms with Gasteiger partial charge in [0, 0.05) is 45.7 Å². The van der Waals surface area contributed by atoms with Gasteiger partial charge in [-0.15, -0.1) is 10.2 Å². The zero-order valence-electron chi connectivity index (χ0n) is 13.9. The molecule has 7 nitrogen and oxygen atoms in total. The van der Waals surface area contributed by atoms with Crippen LogP contribution < -0.4 is 10.2 Å². The summed E-state index contributed by atoms with van der Waals surface area (Å²) in [6.45, 7) is 2.97. The molecule has 1 amide bonds. The van der Waals surface area contributed by atoms with Crippen molar-refractivity contribution in [1.82, 2.24) is 20.1 Å². The number of amides is 1. The van der Waals surface area contributed by atoms with E-state index < -0.39 is 0 Å². The molecular weight excluding hydrogens is 326 g/mol. The summed E-state index contributed by atoms with van der Waals surface area (Å²) in [5.41, 5.74) is 0. The molecule has 1 unspecified atom stereocenters. The van der Waals surface area contributed by atoms with E-state index in [0.29, 0.717) is 19.7 Å². The van der Waals surface area contributed by atoms with E-state index in [2.05, 4.69) is 20.4 Å². The van der Waals surface area contributed by atoms with E-state index in [1.807, 2.05) is 29.1 Å². The number of hydrogen-bond donors (Lipinski definition) is 1. The highest BCUT2D eigenvalue weighted by atomic mass is 32.1. The van der Waals surface area contributed by atoms with Crippen LogP contribution in [0.4, 0.5) is 5.13 Å². The lowest BCUT2D eigenvalue weighted by Crippen LogP contribution is -2.43. The third kappa shape index (κ3) is 4.12. The van der Waals surface area contributed by atoms with Crippen molar-refractivity contribution in [2.24, 2.45) is 5.92 Å². The van der Waals surface area contributed by atoms with Crippen LogP contribution in [0.15, 0.2) is 24.5 Å². The van der Waals surface area contributed by atoms with Gasteiger partial charge in [0.25, 0.3) is 0 Å². The van der Waals surface area contributed by atoms with E-state index in [1.165, 1.54) is 0 Å². The van der Waals surface area contributed by atoms with Crippen molar-refractivity contribution in [3.05, 3.63) is 24.5 Å². The molecule has 8 heteroatoms. The maximum atomic E-state index is 12.3. The van der Waals surface area contributed by atoms with Crippen LogP contribution in [0.3, 0.4) is 0 Å². The van der Waals surface area contributed by atoms with Gasteiger partial charge in [0.2, 0.25) is 16.2 Å². The molecule has 130 valence electrons. The van der Waals surface area contributed by atoms with Crippen LogP contribution in [0, 0.1) is 5.92 Å². The Morgan fingerprint density at radius 2 is 2.17 bits per heavy atom. The first-order valence-corrected chi connectivity index (χ1v) is 9.08. The second kappa shape index (κ2) is 8.25. The molecule has 1 saturated heterocycles. The third-order valence-electron chi connectivity index (χ3n) is 4.12. The third-order valence-corrected chi connectivity index (χ3v) is 5.11. The van der Waals surface area contributed by atoms with E-state index in [0.717, 1.165) is 36.1 Å². The van der Waals surface area contributed by atoms with Crippen molar-refractivity contribution in [1.29, 1.82) is 0 Å². The first-order valence-electron chi connectivity index (χ1n) is 8.26. The van der Waals surface area contributed by atoms with Gasteiger partial charge in [0.1, 0.15) is 0 Å². The highest BCUT2D eigenvalue weighted by Crippen LogP contribution is 2.27. The first kappa shape index (κ1) is 16.9. The largest absolute Gasteiger partial charge is 0.385 e. The van der Waals surface area contributed by atoms with Gasteiger partial charge in [-0.25, -0.2) is 0 Å². The number of anilines is 1. The van der Waals surface area contributed by atoms with Crippen molar-refractivity contribution < 1.29 is 9.53 Å². The van der Waals surface area contributed by atoms with Gasteiger partial charge in [0.15, 0.2) is 0 Å². The summed E-state index contributed by atoms with van der Waals surface area (Å²) in [6.07, 6.45) is 6.67. The average molecular weight is 349 g/mol. The number of aromatic nitrogens is 3. The summed E-state index contributed by atoms with van der Waals surface area (Å²) in [5, 5.41) is 13.3. The Morgan fingerprint density at radius 3 is 2.96 bits per heavy atom. The summed E-state index contributed by atoms with van der Waals surface area (Å²) < 4.78 is 6.95. The molecule has 1 N–H and O–H groups in total. The Morgan fingerprint density at radius 1 is 1.38 bits per heavy atom. The van der Waals surface area contributed by atoms with Crippen LogP contribution in [0.25, 0.3) is 5.13 Å². The molecule has 2 aromatic rings. The standard InChI is InChI=1S/C16H23N5O2S/c1-23-11-5-7-17-14(22)13-6-4-10-21(12-13)16-19-18-15(24-16)20-8-2-3-9-20/h2-3,8-9,13H,4-7,10-12H2,1H3,(H,17,22). The minimum atomic E-state index is 0.0141. The maximum Gasteiger partial charge on any atom is 0.224 e. The summed E-state index contributed by atoms with van der Waals surface area (Å²) in [5.74, 6) is 0.145. The number of carbonyl (C=O) groups excluding carboxylic acids is 1. The summed E-state index contributed by atoms with van der Waals surface area (Å²) in [4.78, 5) is 14.5. The molecule has 1 aliphatic rings. The number of rotatable bonds is 7. The van der Waals surface area contributed by atoms with Crippen molar-refractivity contribution in [3.63, 3.8) is 0 Å². The fourth-order valence-corrected chi connectivity index (χ4v) is 3.69. The molecule has 0 spiro atoms. The molecule has 1 aliphatic heterocycles. The molecule has 0 bridgehead atoms. The van der Waals surface area contributed by atoms with Gasteiger partial charge in [0.05, 0.1) is 5.92 Å². The summed E-state index contributed by atoms with van der Waals surface area (Å²) in [6, 6.07) is 3.93. The van der Waals surface area contributed by atoms with E-state index in [4.69, 9.17) is 4.74 Å². The second-order valence-electron chi connectivity index (χ2n) is 5.88. The lowest BCUT2D eigenvalue weighted by molar-refractivity contribution is -0.125. The van der Waals surface area contributed by atoms with E-state index in [1.54, 1.807) is 18.4 Å². The molecule has 3 rings (SSSR count). The first-order chi connectivity index (χ1) is 11.8. The Bertz CT molecular complexity index is 643. The number of ether oxygens (including phenoxy) is 1. The van der Waals surface area contributed by atoms with Crippen molar-refractivity contribution in [3.8, 4) is 5.13 Å². The zero-order valence-corrected chi connectivity index (χ0v) is 14.7. The van der Waals surface area contributed by atoms with Gasteiger partial charge in [-0.1, -0.05) is 11.3 Å². The Balaban J connectivity index is 1.56. The van der Waals surface area contributed by atoms with Crippen LogP contribution >= 0.6 is 11.3 Å². The fraction of sp³-hybridized carbons (Fsp3) is 0.562. The maximum absolute atomic E-state index is 12.3. The Kier molecular flexibility index (Phi) is 5.81. The van der Waals surface area contributed by atoms with Crippen molar-refractivity contribution in [2.75, 3.05) is 38.3 Å². The molecule has 3 heterocycles. The second-order valence-corrected chi connectivity index (χ2v) is 6.81. The average Bonchev–Trinajstić information content (AvgIpc) is 3.29. The Labute approximate surface area is 145 Å². The van der Waals surface area contributed by atoms with Gasteiger partial charge < -0.3 is 15.0 Å². The number of methoxy groups -OCH3 is 1. The van der Waals surface area contributed by atoms with Crippen LogP contribution in [0.1, 0.15) is 19.3 Å². The number of piperidine rings is 1. The molecule has 2 aromatic heterocycles. The highest BCUT2D eigenvalue weighted by molar-refractivity contribution is 7.17. The predicted molar refractivity (Wildman–Crippen MR) is 93.7 cm³/mol. The molecule has 0 radical (unpaired) electrons. The normalized spacial score (nSPS) is 17.9. The topological polar surface area (TPSA) is 72.3 Å². The van der Waals surface area contributed by atoms with Crippen LogP contribution in [0.5, 0.6) is 0 Å². The summed E-state index contributed by atoms with van der Waals surface area (Å²) in [7, 11) is 1.67. The van der Waals surface area contributed by atoms with Crippen LogP contribution in [-0.2, 0) is 9.53 Å². The van der Waals surface area contributed by atoms with Crippen molar-refractivity contribution >= 4 is 22.4 Å². The van der Waals surface area contributed by atoms with E-state index in [9.17, 15) is 4.79 Å². The quantitative estimate of drug-likeness (QED) is 0.770. The minimum Gasteiger partial charge on any atom is -0.385 e. The fourth-order valence-electron chi connectivity index (χ4n) is 2.84. The molecule has 1 fully saturated rings. The molecular formula is C16H23N5O2S. The SMILES string of the molecule is COCCCNC(=O)C1CCCN(c2nnc(-n3cccc3)s2)C1. The predicted octanol–water partition coefficient (Wildman–Crippen LogP) is 1.70. The van der Waals surface area contributed by atoms with Crippen LogP contribution in [-0.4, -0.2) is 54.0 Å². The lowest BCUT2D eigenvalue weighted by Gasteiger charge is -2.31. The monoisotopic (exact) mass is 349 g/mol. The molecule has 0 aromatic carbocycles. The number of carbonyl (C=O) groups is 1. The summed E-state index contributed by atoms with van der Waals surface area (Å²) >= 11 is 1.55. The van der Waals surface area contributed by atoms with Gasteiger partial charge in [-0.3, -0.25) is 9.36 Å². The lowest BCUT2D eigenvalue weighted by atomic mass is 9.97. The van der Waals surface area contributed by atoms with Crippen molar-refractivity contribution in [2.45, 2.75) is 19.3 Å². The smallest absolute Gasteiger partial charge is 0.224 e. The number of hydrogen-bond acceptors (Lipinski definition) is 6.